The number of ether oxygens (including phenoxy) is 2. The van der Waals surface area contributed by atoms with Gasteiger partial charge in [0.05, 0.1) is 13.2 Å². The lowest BCUT2D eigenvalue weighted by Crippen LogP contribution is -1.97. The Bertz CT molecular complexity index is 574. The number of methoxy groups -OCH3 is 1. The molecule has 0 unspecified atom stereocenters. The van der Waals surface area contributed by atoms with E-state index in [-0.39, 0.29) is 5.56 Å². The van der Waals surface area contributed by atoms with E-state index in [0.717, 1.165) is 24.1 Å². The minimum absolute atomic E-state index is 0.160. The van der Waals surface area contributed by atoms with Gasteiger partial charge in [0.15, 0.2) is 17.4 Å². The van der Waals surface area contributed by atoms with Gasteiger partial charge in [0.25, 0.3) is 0 Å². The average Bonchev–Trinajstić information content (AvgIpc) is 2.49. The van der Waals surface area contributed by atoms with E-state index in [2.05, 4.69) is 0 Å². The summed E-state index contributed by atoms with van der Waals surface area (Å²) < 4.78 is 37.7. The number of hydrogen-bond acceptors (Lipinski definition) is 3. The molecule has 0 fully saturated rings. The predicted octanol–water partition coefficient (Wildman–Crippen LogP) is 3.44. The first-order valence-corrected chi connectivity index (χ1v) is 6.48. The Morgan fingerprint density at radius 1 is 1.00 bits per heavy atom. The van der Waals surface area contributed by atoms with E-state index < -0.39 is 24.0 Å². The van der Waals surface area contributed by atoms with Crippen molar-refractivity contribution in [1.82, 2.24) is 0 Å². The minimum Gasteiger partial charge on any atom is -0.451 e. The number of benzene rings is 2. The van der Waals surface area contributed by atoms with E-state index in [1.807, 2.05) is 12.1 Å². The molecule has 2 aromatic rings. The van der Waals surface area contributed by atoms with Crippen molar-refractivity contribution in [3.8, 4) is 11.5 Å². The molecule has 0 aliphatic carbocycles. The molecule has 3 nitrogen and oxygen atoms in total. The molecule has 0 spiro atoms. The van der Waals surface area contributed by atoms with Crippen LogP contribution in [0.1, 0.15) is 11.1 Å². The Morgan fingerprint density at radius 3 is 2.14 bits per heavy atom. The third-order valence-corrected chi connectivity index (χ3v) is 2.98. The molecule has 0 aliphatic rings. The fourth-order valence-corrected chi connectivity index (χ4v) is 1.86. The maximum absolute atomic E-state index is 13.7. The Hall–Kier alpha value is -1.98. The number of rotatable bonds is 6. The Kier molecular flexibility index (Phi) is 5.25. The maximum atomic E-state index is 13.7. The summed E-state index contributed by atoms with van der Waals surface area (Å²) in [4.78, 5) is 0. The lowest BCUT2D eigenvalue weighted by Gasteiger charge is -2.10. The van der Waals surface area contributed by atoms with E-state index >= 15 is 0 Å². The average molecular weight is 294 g/mol. The summed E-state index contributed by atoms with van der Waals surface area (Å²) in [6, 6.07) is 9.00. The molecule has 0 amide bonds. The summed E-state index contributed by atoms with van der Waals surface area (Å²) in [5, 5.41) is 8.88. The van der Waals surface area contributed by atoms with Gasteiger partial charge < -0.3 is 14.6 Å². The summed E-state index contributed by atoms with van der Waals surface area (Å²) in [6.07, 6.45) is 0.755. The summed E-state index contributed by atoms with van der Waals surface area (Å²) in [5.74, 6) is -1.83. The normalized spacial score (nSPS) is 10.7. The van der Waals surface area contributed by atoms with Crippen LogP contribution in [0.4, 0.5) is 8.78 Å². The lowest BCUT2D eigenvalue weighted by atomic mass is 10.1. The van der Waals surface area contributed by atoms with Crippen LogP contribution in [0.25, 0.3) is 0 Å². The van der Waals surface area contributed by atoms with E-state index in [1.54, 1.807) is 19.2 Å². The van der Waals surface area contributed by atoms with Crippen LogP contribution in [0.15, 0.2) is 36.4 Å². The fourth-order valence-electron chi connectivity index (χ4n) is 1.86. The molecule has 0 saturated carbocycles. The highest BCUT2D eigenvalue weighted by molar-refractivity contribution is 5.36. The first-order chi connectivity index (χ1) is 10.1. The first-order valence-electron chi connectivity index (χ1n) is 6.48. The Morgan fingerprint density at radius 2 is 1.62 bits per heavy atom. The monoisotopic (exact) mass is 294 g/mol. The highest BCUT2D eigenvalue weighted by Crippen LogP contribution is 2.28. The van der Waals surface area contributed by atoms with E-state index in [4.69, 9.17) is 14.6 Å². The van der Waals surface area contributed by atoms with Gasteiger partial charge in [-0.25, -0.2) is 8.78 Å². The molecule has 0 heterocycles. The smallest absolute Gasteiger partial charge is 0.198 e. The second kappa shape index (κ2) is 7.15. The maximum Gasteiger partial charge on any atom is 0.198 e. The molecule has 0 aromatic heterocycles. The van der Waals surface area contributed by atoms with Crippen molar-refractivity contribution in [2.45, 2.75) is 13.0 Å². The second-order valence-electron chi connectivity index (χ2n) is 4.54. The molecule has 0 bridgehead atoms. The molecule has 0 saturated heterocycles. The van der Waals surface area contributed by atoms with Gasteiger partial charge in [0, 0.05) is 7.11 Å². The van der Waals surface area contributed by atoms with Crippen molar-refractivity contribution in [2.24, 2.45) is 0 Å². The van der Waals surface area contributed by atoms with Crippen LogP contribution in [0.2, 0.25) is 0 Å². The quantitative estimate of drug-likeness (QED) is 0.887. The summed E-state index contributed by atoms with van der Waals surface area (Å²) in [6.45, 7) is 0.175. The van der Waals surface area contributed by atoms with Gasteiger partial charge in [0.1, 0.15) is 5.75 Å². The zero-order chi connectivity index (χ0) is 15.2. The zero-order valence-corrected chi connectivity index (χ0v) is 11.6. The first kappa shape index (κ1) is 15.4. The van der Waals surface area contributed by atoms with Gasteiger partial charge in [-0.3, -0.25) is 0 Å². The van der Waals surface area contributed by atoms with Crippen molar-refractivity contribution in [1.29, 1.82) is 0 Å². The highest BCUT2D eigenvalue weighted by Gasteiger charge is 2.13. The molecular weight excluding hydrogens is 278 g/mol. The molecular formula is C16H16F2O3. The van der Waals surface area contributed by atoms with E-state index in [1.165, 1.54) is 0 Å². The molecule has 1 N–H and O–H groups in total. The predicted molar refractivity (Wildman–Crippen MR) is 74.4 cm³/mol. The summed E-state index contributed by atoms with van der Waals surface area (Å²) >= 11 is 0. The Balaban J connectivity index is 2.14. The third-order valence-electron chi connectivity index (χ3n) is 2.98. The van der Waals surface area contributed by atoms with Crippen LogP contribution < -0.4 is 4.74 Å². The highest BCUT2D eigenvalue weighted by atomic mass is 19.1. The van der Waals surface area contributed by atoms with Crippen LogP contribution in [0.3, 0.4) is 0 Å². The largest absolute Gasteiger partial charge is 0.451 e. The van der Waals surface area contributed by atoms with Crippen LogP contribution >= 0.6 is 0 Å². The fraction of sp³-hybridized carbons (Fsp3) is 0.250. The minimum atomic E-state index is -0.845. The van der Waals surface area contributed by atoms with Crippen molar-refractivity contribution >= 4 is 0 Å². The number of aliphatic hydroxyl groups excluding tert-OH is 1. The molecule has 112 valence electrons. The van der Waals surface area contributed by atoms with Crippen molar-refractivity contribution in [3.63, 3.8) is 0 Å². The zero-order valence-electron chi connectivity index (χ0n) is 11.6. The topological polar surface area (TPSA) is 38.7 Å². The number of halogens is 2. The van der Waals surface area contributed by atoms with Gasteiger partial charge >= 0.3 is 0 Å². The van der Waals surface area contributed by atoms with Crippen LogP contribution in [-0.4, -0.2) is 18.8 Å². The lowest BCUT2D eigenvalue weighted by molar-refractivity contribution is 0.202. The molecule has 21 heavy (non-hydrogen) atoms. The standard InChI is InChI=1S/C16H16F2O3/c1-20-7-6-11-2-4-13(5-3-11)21-16-14(17)8-12(10-19)9-15(16)18/h2-5,8-9,19H,6-7,10H2,1H3. The molecule has 0 aliphatic heterocycles. The molecule has 5 heteroatoms. The molecule has 0 atom stereocenters. The SMILES string of the molecule is COCCc1ccc(Oc2c(F)cc(CO)cc2F)cc1. The second-order valence-corrected chi connectivity index (χ2v) is 4.54. The van der Waals surface area contributed by atoms with Crippen molar-refractivity contribution in [3.05, 3.63) is 59.2 Å². The van der Waals surface area contributed by atoms with Crippen molar-refractivity contribution < 1.29 is 23.4 Å². The number of aliphatic hydroxyl groups is 1. The van der Waals surface area contributed by atoms with Gasteiger partial charge in [-0.2, -0.15) is 0 Å². The van der Waals surface area contributed by atoms with Crippen LogP contribution in [0.5, 0.6) is 11.5 Å². The van der Waals surface area contributed by atoms with Crippen LogP contribution in [-0.2, 0) is 17.8 Å². The molecule has 0 radical (unpaired) electrons. The van der Waals surface area contributed by atoms with Gasteiger partial charge in [0.2, 0.25) is 0 Å². The summed E-state index contributed by atoms with van der Waals surface area (Å²) in [5.41, 5.74) is 1.20. The molecule has 2 rings (SSSR count). The van der Waals surface area contributed by atoms with E-state index in [9.17, 15) is 8.78 Å². The van der Waals surface area contributed by atoms with Crippen molar-refractivity contribution in [2.75, 3.05) is 13.7 Å². The van der Waals surface area contributed by atoms with Gasteiger partial charge in [-0.15, -0.1) is 0 Å². The number of hydrogen-bond donors (Lipinski definition) is 1. The van der Waals surface area contributed by atoms with Crippen LogP contribution in [0, 0.1) is 11.6 Å². The van der Waals surface area contributed by atoms with Gasteiger partial charge in [-0.1, -0.05) is 12.1 Å². The molecule has 2 aromatic carbocycles. The third kappa shape index (κ3) is 4.00. The summed E-state index contributed by atoms with van der Waals surface area (Å²) in [7, 11) is 1.62. The van der Waals surface area contributed by atoms with E-state index in [0.29, 0.717) is 12.4 Å². The van der Waals surface area contributed by atoms with Gasteiger partial charge in [-0.05, 0) is 41.8 Å². The Labute approximate surface area is 121 Å².